The summed E-state index contributed by atoms with van der Waals surface area (Å²) >= 11 is 0. The van der Waals surface area contributed by atoms with Gasteiger partial charge in [-0.05, 0) is 31.2 Å². The Balaban J connectivity index is 2.52. The molecule has 1 rings (SSSR count). The van der Waals surface area contributed by atoms with Crippen LogP contribution in [0.25, 0.3) is 0 Å². The molecule has 0 heterocycles. The maximum Gasteiger partial charge on any atom is 0.0808 e. The third-order valence-corrected chi connectivity index (χ3v) is 3.47. The van der Waals surface area contributed by atoms with E-state index in [9.17, 15) is 0 Å². The van der Waals surface area contributed by atoms with E-state index in [1.54, 1.807) is 0 Å². The van der Waals surface area contributed by atoms with Crippen molar-refractivity contribution in [3.8, 4) is 0 Å². The zero-order chi connectivity index (χ0) is 12.0. The summed E-state index contributed by atoms with van der Waals surface area (Å²) in [5.74, 6) is 1.45. The van der Waals surface area contributed by atoms with Crippen LogP contribution >= 0.6 is 0 Å². The predicted molar refractivity (Wildman–Crippen MR) is 69.7 cm³/mol. The normalized spacial score (nSPS) is 30.9. The second kappa shape index (κ2) is 6.61. The number of hydrogen-bond donors (Lipinski definition) is 1. The topological polar surface area (TPSA) is 21.3 Å². The first-order valence-electron chi connectivity index (χ1n) is 6.92. The molecule has 2 heteroatoms. The lowest BCUT2D eigenvalue weighted by atomic mass is 9.78. The average Bonchev–Trinajstić information content (AvgIpc) is 2.24. The number of ether oxygens (including phenoxy) is 1. The maximum atomic E-state index is 6.24. The van der Waals surface area contributed by atoms with Crippen molar-refractivity contribution in [2.45, 2.75) is 59.0 Å². The molecule has 0 radical (unpaired) electrons. The van der Waals surface area contributed by atoms with Crippen LogP contribution in [0.15, 0.2) is 0 Å². The molecule has 16 heavy (non-hydrogen) atoms. The zero-order valence-electron chi connectivity index (χ0n) is 11.5. The lowest BCUT2D eigenvalue weighted by Crippen LogP contribution is -2.47. The Morgan fingerprint density at radius 1 is 1.44 bits per heavy atom. The lowest BCUT2D eigenvalue weighted by Gasteiger charge is -2.40. The van der Waals surface area contributed by atoms with Crippen LogP contribution in [0.4, 0.5) is 0 Å². The largest absolute Gasteiger partial charge is 0.373 e. The van der Waals surface area contributed by atoms with Gasteiger partial charge in [-0.1, -0.05) is 40.5 Å². The first-order valence-corrected chi connectivity index (χ1v) is 6.92. The molecule has 1 fully saturated rings. The van der Waals surface area contributed by atoms with Crippen molar-refractivity contribution < 1.29 is 4.74 Å². The van der Waals surface area contributed by atoms with Gasteiger partial charge in [0.1, 0.15) is 0 Å². The summed E-state index contributed by atoms with van der Waals surface area (Å²) in [6.07, 6.45) is 5.16. The molecular weight excluding hydrogens is 198 g/mol. The van der Waals surface area contributed by atoms with Gasteiger partial charge in [-0.3, -0.25) is 0 Å². The van der Waals surface area contributed by atoms with Crippen LogP contribution in [0.1, 0.15) is 53.4 Å². The van der Waals surface area contributed by atoms with E-state index in [1.807, 2.05) is 0 Å². The third-order valence-electron chi connectivity index (χ3n) is 3.47. The van der Waals surface area contributed by atoms with Gasteiger partial charge in [0.2, 0.25) is 0 Å². The summed E-state index contributed by atoms with van der Waals surface area (Å²) in [5.41, 5.74) is 0.123. The fourth-order valence-electron chi connectivity index (χ4n) is 2.65. The standard InChI is InChI=1S/C14H29NO/c1-5-15-11-14(16-10-12(2)3)8-6-7-13(4)9-14/h12-13,15H,5-11H2,1-4H3. The second-order valence-corrected chi connectivity index (χ2v) is 5.87. The van der Waals surface area contributed by atoms with E-state index in [0.29, 0.717) is 5.92 Å². The van der Waals surface area contributed by atoms with Crippen molar-refractivity contribution in [1.29, 1.82) is 0 Å². The van der Waals surface area contributed by atoms with E-state index >= 15 is 0 Å². The van der Waals surface area contributed by atoms with Crippen LogP contribution in [0.3, 0.4) is 0 Å². The van der Waals surface area contributed by atoms with Gasteiger partial charge in [-0.15, -0.1) is 0 Å². The van der Waals surface area contributed by atoms with Crippen LogP contribution in [0.2, 0.25) is 0 Å². The van der Waals surface area contributed by atoms with Gasteiger partial charge >= 0.3 is 0 Å². The molecule has 96 valence electrons. The molecule has 0 bridgehead atoms. The highest BCUT2D eigenvalue weighted by Crippen LogP contribution is 2.35. The molecule has 2 atom stereocenters. The van der Waals surface area contributed by atoms with Crippen molar-refractivity contribution in [3.63, 3.8) is 0 Å². The summed E-state index contributed by atoms with van der Waals surface area (Å²) in [4.78, 5) is 0. The quantitative estimate of drug-likeness (QED) is 0.752. The molecule has 0 saturated heterocycles. The fourth-order valence-corrected chi connectivity index (χ4v) is 2.65. The molecule has 1 aliphatic rings. The van der Waals surface area contributed by atoms with E-state index in [0.717, 1.165) is 25.6 Å². The van der Waals surface area contributed by atoms with Crippen molar-refractivity contribution in [2.24, 2.45) is 11.8 Å². The van der Waals surface area contributed by atoms with Gasteiger partial charge in [0.25, 0.3) is 0 Å². The zero-order valence-corrected chi connectivity index (χ0v) is 11.5. The first kappa shape index (κ1) is 14.0. The van der Waals surface area contributed by atoms with Crippen molar-refractivity contribution >= 4 is 0 Å². The minimum atomic E-state index is 0.123. The van der Waals surface area contributed by atoms with Crippen LogP contribution in [0, 0.1) is 11.8 Å². The molecule has 0 spiro atoms. The molecule has 2 unspecified atom stereocenters. The van der Waals surface area contributed by atoms with E-state index in [2.05, 4.69) is 33.0 Å². The van der Waals surface area contributed by atoms with E-state index in [-0.39, 0.29) is 5.60 Å². The van der Waals surface area contributed by atoms with Gasteiger partial charge in [0, 0.05) is 13.2 Å². The van der Waals surface area contributed by atoms with E-state index in [1.165, 1.54) is 25.7 Å². The second-order valence-electron chi connectivity index (χ2n) is 5.87. The maximum absolute atomic E-state index is 6.24. The summed E-state index contributed by atoms with van der Waals surface area (Å²) in [7, 11) is 0. The Morgan fingerprint density at radius 2 is 2.19 bits per heavy atom. The molecule has 1 aliphatic carbocycles. The van der Waals surface area contributed by atoms with Gasteiger partial charge < -0.3 is 10.1 Å². The van der Waals surface area contributed by atoms with Crippen LogP contribution in [-0.2, 0) is 4.74 Å². The minimum Gasteiger partial charge on any atom is -0.373 e. The summed E-state index contributed by atoms with van der Waals surface area (Å²) < 4.78 is 6.24. The molecule has 1 saturated carbocycles. The number of nitrogens with one attached hydrogen (secondary N) is 1. The molecular formula is C14H29NO. The van der Waals surface area contributed by atoms with Crippen molar-refractivity contribution in [3.05, 3.63) is 0 Å². The third kappa shape index (κ3) is 4.42. The van der Waals surface area contributed by atoms with Crippen molar-refractivity contribution in [2.75, 3.05) is 19.7 Å². The summed E-state index contributed by atoms with van der Waals surface area (Å²) in [5, 5.41) is 3.48. The minimum absolute atomic E-state index is 0.123. The highest BCUT2D eigenvalue weighted by atomic mass is 16.5. The molecule has 0 aromatic rings. The van der Waals surface area contributed by atoms with Gasteiger partial charge in [0.15, 0.2) is 0 Å². The monoisotopic (exact) mass is 227 g/mol. The van der Waals surface area contributed by atoms with Gasteiger partial charge in [0.05, 0.1) is 5.60 Å². The Morgan fingerprint density at radius 3 is 2.75 bits per heavy atom. The molecule has 0 aliphatic heterocycles. The Kier molecular flexibility index (Phi) is 5.77. The van der Waals surface area contributed by atoms with Crippen molar-refractivity contribution in [1.82, 2.24) is 5.32 Å². The number of hydrogen-bond acceptors (Lipinski definition) is 2. The average molecular weight is 227 g/mol. The summed E-state index contributed by atoms with van der Waals surface area (Å²) in [6.45, 7) is 12.0. The van der Waals surface area contributed by atoms with Crippen LogP contribution < -0.4 is 5.32 Å². The molecule has 0 amide bonds. The lowest BCUT2D eigenvalue weighted by molar-refractivity contribution is -0.0880. The molecule has 0 aromatic heterocycles. The summed E-state index contributed by atoms with van der Waals surface area (Å²) in [6, 6.07) is 0. The predicted octanol–water partition coefficient (Wildman–Crippen LogP) is 3.22. The molecule has 1 N–H and O–H groups in total. The Hall–Kier alpha value is -0.0800. The Bertz CT molecular complexity index is 193. The molecule has 0 aromatic carbocycles. The smallest absolute Gasteiger partial charge is 0.0808 e. The SMILES string of the molecule is CCNCC1(OCC(C)C)CCCC(C)C1. The fraction of sp³-hybridized carbons (Fsp3) is 1.00. The van der Waals surface area contributed by atoms with Crippen LogP contribution in [-0.4, -0.2) is 25.3 Å². The van der Waals surface area contributed by atoms with E-state index < -0.39 is 0 Å². The van der Waals surface area contributed by atoms with Crippen LogP contribution in [0.5, 0.6) is 0 Å². The molecule has 2 nitrogen and oxygen atoms in total. The number of rotatable bonds is 6. The first-order chi connectivity index (χ1) is 7.58. The van der Waals surface area contributed by atoms with E-state index in [4.69, 9.17) is 4.74 Å². The van der Waals surface area contributed by atoms with Gasteiger partial charge in [-0.25, -0.2) is 0 Å². The highest BCUT2D eigenvalue weighted by molar-refractivity contribution is 4.89. The Labute approximate surface area is 101 Å². The highest BCUT2D eigenvalue weighted by Gasteiger charge is 2.35. The van der Waals surface area contributed by atoms with Gasteiger partial charge in [-0.2, -0.15) is 0 Å². The number of likely N-dealkylation sites (N-methyl/N-ethyl adjacent to an activating group) is 1.